The molecule has 6 rings (SSSR count). The molecule has 0 bridgehead atoms. The van der Waals surface area contributed by atoms with Crippen molar-refractivity contribution in [2.24, 2.45) is 5.14 Å². The number of nitrogens with zero attached hydrogens (tertiary/aromatic N) is 6. The van der Waals surface area contributed by atoms with Crippen molar-refractivity contribution in [1.82, 2.24) is 45.7 Å². The lowest BCUT2D eigenvalue weighted by atomic mass is 10.0. The fraction of sp³-hybridized carbons (Fsp3) is 0.233. The Morgan fingerprint density at radius 2 is 1.84 bits per heavy atom. The van der Waals surface area contributed by atoms with Crippen molar-refractivity contribution in [2.75, 3.05) is 28.7 Å². The Morgan fingerprint density at radius 1 is 1.11 bits per heavy atom. The number of phenols is 1. The van der Waals surface area contributed by atoms with E-state index in [1.165, 1.54) is 65.0 Å². The van der Waals surface area contributed by atoms with E-state index in [1.807, 2.05) is 0 Å². The van der Waals surface area contributed by atoms with Crippen LogP contribution in [0.2, 0.25) is 0 Å². The number of carboxylic acids is 1. The van der Waals surface area contributed by atoms with E-state index in [2.05, 4.69) is 46.8 Å². The summed E-state index contributed by atoms with van der Waals surface area (Å²) in [6, 6.07) is 6.92. The zero-order chi connectivity index (χ0) is 39.4. The molecule has 2 aromatic carbocycles. The lowest BCUT2D eigenvalue weighted by Crippen LogP contribution is -2.71. The monoisotopic (exact) mass is 814 g/mol. The van der Waals surface area contributed by atoms with Gasteiger partial charge in [0.2, 0.25) is 27.0 Å². The third-order valence-electron chi connectivity index (χ3n) is 7.99. The summed E-state index contributed by atoms with van der Waals surface area (Å²) >= 11 is 2.36. The number of phenolic OH excluding ortho intramolecular Hbond substituents is 1. The number of urea groups is 1. The lowest BCUT2D eigenvalue weighted by molar-refractivity contribution is -0.150. The molecule has 3 atom stereocenters. The van der Waals surface area contributed by atoms with Gasteiger partial charge in [-0.05, 0) is 58.0 Å². The number of aromatic hydroxyl groups is 1. The summed E-state index contributed by atoms with van der Waals surface area (Å²) in [5, 5.41) is 55.1. The van der Waals surface area contributed by atoms with Gasteiger partial charge in [0, 0.05) is 17.2 Å². The first-order valence-corrected chi connectivity index (χ1v) is 19.4. The predicted octanol–water partition coefficient (Wildman–Crippen LogP) is -0.761. The molecule has 0 saturated carbocycles. The largest absolute Gasteiger partial charge is 0.508 e. The summed E-state index contributed by atoms with van der Waals surface area (Å²) in [6.45, 7) is -0.0736. The number of aliphatic carboxylic acids is 1. The average Bonchev–Trinajstić information content (AvgIpc) is 3.59. The number of β-lactam (4-membered cyclic amide) rings is 1. The number of amides is 4. The van der Waals surface area contributed by atoms with Crippen molar-refractivity contribution < 1.29 is 42.9 Å². The molecule has 2 aromatic heterocycles. The molecule has 22 nitrogen and oxygen atoms in total. The number of carbonyl (C=O) groups is 4. The van der Waals surface area contributed by atoms with Crippen molar-refractivity contribution in [3.63, 3.8) is 0 Å². The van der Waals surface area contributed by atoms with Crippen LogP contribution in [0, 0.1) is 0 Å². The number of aliphatic hydroxyl groups is 1. The maximum atomic E-state index is 13.7. The van der Waals surface area contributed by atoms with Crippen molar-refractivity contribution in [1.29, 1.82) is 0 Å². The number of tetrazole rings is 1. The van der Waals surface area contributed by atoms with Gasteiger partial charge in [0.25, 0.3) is 11.5 Å². The highest BCUT2D eigenvalue weighted by molar-refractivity contribution is 8.01. The lowest BCUT2D eigenvalue weighted by Gasteiger charge is -2.49. The van der Waals surface area contributed by atoms with Gasteiger partial charge < -0.3 is 36.6 Å². The quantitative estimate of drug-likeness (QED) is 0.0558. The van der Waals surface area contributed by atoms with E-state index >= 15 is 0 Å². The first-order chi connectivity index (χ1) is 26.2. The molecule has 0 aliphatic carbocycles. The zero-order valence-electron chi connectivity index (χ0n) is 27.9. The van der Waals surface area contributed by atoms with Crippen LogP contribution in [-0.4, -0.2) is 112 Å². The first kappa shape index (κ1) is 38.7. The maximum Gasteiger partial charge on any atom is 0.352 e. The molecule has 0 radical (unpaired) electrons. The van der Waals surface area contributed by atoms with E-state index < -0.39 is 56.9 Å². The number of aliphatic hydroxyl groups excluding tert-OH is 1. The van der Waals surface area contributed by atoms with E-state index in [-0.39, 0.29) is 58.2 Å². The highest BCUT2D eigenvalue weighted by Gasteiger charge is 2.54. The molecule has 1 fully saturated rings. The normalized spacial score (nSPS) is 17.1. The topological polar surface area (TPSA) is 330 Å². The summed E-state index contributed by atoms with van der Waals surface area (Å²) < 4.78 is 24.3. The number of benzene rings is 2. The van der Waals surface area contributed by atoms with E-state index in [1.54, 1.807) is 0 Å². The molecule has 288 valence electrons. The highest BCUT2D eigenvalue weighted by Crippen LogP contribution is 2.41. The fourth-order valence-electron chi connectivity index (χ4n) is 5.39. The summed E-state index contributed by atoms with van der Waals surface area (Å²) in [7, 11) is -3.91. The third-order valence-corrected chi connectivity index (χ3v) is 11.3. The minimum atomic E-state index is -3.91. The SMILES string of the molecule is NS(=O)(=O)c1ccc(Nc2ncc(NC(=O)NC(C(=O)NC3C(=O)N4C(C(=O)O)=C(CSc5nnnn5CCO)CS[C@@H]34)c3ccc(O)cc3)c(=O)[nH]2)cc1. The molecule has 4 heterocycles. The number of hydrogen-bond donors (Lipinski definition) is 9. The van der Waals surface area contributed by atoms with Gasteiger partial charge in [-0.1, -0.05) is 23.9 Å². The molecular formula is C30H30N12O10S3. The summed E-state index contributed by atoms with van der Waals surface area (Å²) in [5.74, 6) is -2.75. The number of H-pyrrole nitrogens is 1. The van der Waals surface area contributed by atoms with E-state index in [4.69, 9.17) is 5.14 Å². The van der Waals surface area contributed by atoms with Crippen LogP contribution in [0.15, 0.2) is 80.8 Å². The minimum absolute atomic E-state index is 0.0490. The smallest absolute Gasteiger partial charge is 0.352 e. The van der Waals surface area contributed by atoms with Gasteiger partial charge in [0.15, 0.2) is 0 Å². The van der Waals surface area contributed by atoms with Crippen LogP contribution in [0.25, 0.3) is 0 Å². The number of fused-ring (bicyclic) bond motifs is 1. The maximum absolute atomic E-state index is 13.7. The molecule has 2 aliphatic rings. The number of anilines is 3. The number of primary sulfonamides is 1. The Morgan fingerprint density at radius 3 is 2.49 bits per heavy atom. The fourth-order valence-corrected chi connectivity index (χ4v) is 8.29. The molecule has 4 amide bonds. The van der Waals surface area contributed by atoms with Crippen molar-refractivity contribution >= 4 is 74.7 Å². The molecule has 10 N–H and O–H groups in total. The first-order valence-electron chi connectivity index (χ1n) is 15.8. The van der Waals surface area contributed by atoms with Gasteiger partial charge in [0.05, 0.1) is 24.2 Å². The van der Waals surface area contributed by atoms with Crippen LogP contribution >= 0.6 is 23.5 Å². The number of nitrogens with two attached hydrogens (primary N) is 1. The van der Waals surface area contributed by atoms with Gasteiger partial charge in [0.1, 0.15) is 34.6 Å². The van der Waals surface area contributed by atoms with E-state index in [0.717, 1.165) is 22.9 Å². The predicted molar refractivity (Wildman–Crippen MR) is 194 cm³/mol. The summed E-state index contributed by atoms with van der Waals surface area (Å²) in [4.78, 5) is 72.8. The van der Waals surface area contributed by atoms with Crippen LogP contribution in [0.3, 0.4) is 0 Å². The highest BCUT2D eigenvalue weighted by atomic mass is 32.2. The molecule has 1 saturated heterocycles. The number of carbonyl (C=O) groups excluding carboxylic acids is 3. The van der Waals surface area contributed by atoms with E-state index in [9.17, 15) is 47.7 Å². The number of rotatable bonds is 14. The number of nitrogens with one attached hydrogen (secondary N) is 5. The molecule has 2 aliphatic heterocycles. The Kier molecular flexibility index (Phi) is 11.4. The van der Waals surface area contributed by atoms with Crippen LogP contribution in [0.5, 0.6) is 5.75 Å². The summed E-state index contributed by atoms with van der Waals surface area (Å²) in [5.41, 5.74) is -0.367. The van der Waals surface area contributed by atoms with E-state index in [0.29, 0.717) is 16.4 Å². The van der Waals surface area contributed by atoms with Crippen LogP contribution < -0.4 is 32.0 Å². The molecule has 2 unspecified atom stereocenters. The minimum Gasteiger partial charge on any atom is -0.508 e. The van der Waals surface area contributed by atoms with Crippen LogP contribution in [0.4, 0.5) is 22.1 Å². The molecule has 55 heavy (non-hydrogen) atoms. The van der Waals surface area contributed by atoms with Crippen molar-refractivity contribution in [3.8, 4) is 5.75 Å². The molecule has 0 spiro atoms. The van der Waals surface area contributed by atoms with Crippen molar-refractivity contribution in [3.05, 3.63) is 81.9 Å². The Hall–Kier alpha value is -6.02. The standard InChI is InChI=1S/C30H30N12O10S3/c31-55(51,52)18-7-3-16(4-8-18)33-28-32-11-19(23(45)37-28)34-29(50)36-20(14-1-5-17(44)6-2-14)24(46)35-21-25(47)42-22(27(48)49)15(12-53-26(21)42)13-54-30-38-39-40-41(30)9-10-43/h1-8,11,20-21,26,43-44H,9-10,12-13H2,(H,35,46)(H,48,49)(H2,31,51,52)(H2,34,36,50)(H2,32,33,37,45)/t20?,21?,26-/m0/s1. The number of sulfonamides is 1. The van der Waals surface area contributed by atoms with Gasteiger partial charge in [-0.2, -0.15) is 0 Å². The number of hydrogen-bond acceptors (Lipinski definition) is 16. The van der Waals surface area contributed by atoms with Gasteiger partial charge in [-0.25, -0.2) is 32.8 Å². The van der Waals surface area contributed by atoms with Crippen LogP contribution in [-0.2, 0) is 31.0 Å². The van der Waals surface area contributed by atoms with Gasteiger partial charge >= 0.3 is 12.0 Å². The molecule has 25 heteroatoms. The van der Waals surface area contributed by atoms with Crippen molar-refractivity contribution in [2.45, 2.75) is 34.1 Å². The second-order valence-electron chi connectivity index (χ2n) is 11.6. The van der Waals surface area contributed by atoms with Gasteiger partial charge in [-0.15, -0.1) is 16.9 Å². The average molecular weight is 815 g/mol. The number of aromatic amines is 1. The Balaban J connectivity index is 1.12. The zero-order valence-corrected chi connectivity index (χ0v) is 30.4. The Bertz CT molecular complexity index is 2340. The van der Waals surface area contributed by atoms with Crippen LogP contribution in [0.1, 0.15) is 11.6 Å². The number of carboxylic acid groups (broad SMARTS) is 1. The number of aromatic nitrogens is 6. The third kappa shape index (κ3) is 8.70. The molecular weight excluding hydrogens is 785 g/mol. The molecule has 4 aromatic rings. The Labute approximate surface area is 318 Å². The summed E-state index contributed by atoms with van der Waals surface area (Å²) in [6.07, 6.45) is 1.04. The second-order valence-corrected chi connectivity index (χ2v) is 15.3. The number of thioether (sulfide) groups is 2. The van der Waals surface area contributed by atoms with Gasteiger partial charge in [-0.3, -0.25) is 24.3 Å². The second kappa shape index (κ2) is 16.1.